The van der Waals surface area contributed by atoms with Crippen LogP contribution in [0.5, 0.6) is 5.88 Å². The van der Waals surface area contributed by atoms with Gasteiger partial charge in [-0.3, -0.25) is 9.48 Å². The van der Waals surface area contributed by atoms with E-state index in [4.69, 9.17) is 4.74 Å². The van der Waals surface area contributed by atoms with E-state index < -0.39 is 6.10 Å². The molecule has 26 heavy (non-hydrogen) atoms. The highest BCUT2D eigenvalue weighted by atomic mass is 16.5. The zero-order chi connectivity index (χ0) is 18.5. The summed E-state index contributed by atoms with van der Waals surface area (Å²) in [6.07, 6.45) is 5.52. The Kier molecular flexibility index (Phi) is 5.22. The number of ketones is 1. The van der Waals surface area contributed by atoms with E-state index >= 15 is 0 Å². The van der Waals surface area contributed by atoms with Crippen LogP contribution in [0.25, 0.3) is 6.08 Å². The molecule has 0 aliphatic carbocycles. The topological polar surface area (TPSA) is 69.9 Å². The maximum atomic E-state index is 12.7. The molecular formula is C20H20N4O2. The van der Waals surface area contributed by atoms with Crippen LogP contribution >= 0.6 is 0 Å². The maximum Gasteiger partial charge on any atom is 0.233 e. The highest BCUT2D eigenvalue weighted by molar-refractivity contribution is 6.00. The second-order valence-corrected chi connectivity index (χ2v) is 5.89. The first kappa shape index (κ1) is 17.5. The summed E-state index contributed by atoms with van der Waals surface area (Å²) in [5.41, 5.74) is 3.13. The van der Waals surface area contributed by atoms with Crippen molar-refractivity contribution in [2.45, 2.75) is 26.5 Å². The van der Waals surface area contributed by atoms with E-state index in [1.165, 1.54) is 6.20 Å². The van der Waals surface area contributed by atoms with E-state index in [1.807, 2.05) is 41.9 Å². The van der Waals surface area contributed by atoms with Gasteiger partial charge in [0.1, 0.15) is 0 Å². The molecule has 6 nitrogen and oxygen atoms in total. The Morgan fingerprint density at radius 3 is 2.65 bits per heavy atom. The van der Waals surface area contributed by atoms with Crippen molar-refractivity contribution in [3.8, 4) is 5.88 Å². The van der Waals surface area contributed by atoms with Crippen molar-refractivity contribution in [3.05, 3.63) is 78.0 Å². The summed E-state index contributed by atoms with van der Waals surface area (Å²) < 4.78 is 7.43. The van der Waals surface area contributed by atoms with Gasteiger partial charge < -0.3 is 4.74 Å². The number of ether oxygens (including phenoxy) is 1. The third-order valence-electron chi connectivity index (χ3n) is 4.07. The highest BCUT2D eigenvalue weighted by Crippen LogP contribution is 2.15. The van der Waals surface area contributed by atoms with Gasteiger partial charge in [-0.25, -0.2) is 9.97 Å². The van der Waals surface area contributed by atoms with E-state index in [9.17, 15) is 4.79 Å². The minimum atomic E-state index is -0.688. The normalized spacial score (nSPS) is 11.8. The average Bonchev–Trinajstić information content (AvgIpc) is 3.03. The number of carbonyl (C=O) groups is 1. The van der Waals surface area contributed by atoms with Gasteiger partial charge in [0.25, 0.3) is 0 Å². The number of hydrogen-bond acceptors (Lipinski definition) is 5. The molecule has 1 aromatic carbocycles. The summed E-state index contributed by atoms with van der Waals surface area (Å²) >= 11 is 0. The van der Waals surface area contributed by atoms with Crippen molar-refractivity contribution >= 4 is 11.9 Å². The van der Waals surface area contributed by atoms with Gasteiger partial charge in [0.15, 0.2) is 6.10 Å². The molecule has 0 fully saturated rings. The zero-order valence-electron chi connectivity index (χ0n) is 14.8. The highest BCUT2D eigenvalue weighted by Gasteiger charge is 2.22. The molecule has 2 heterocycles. The van der Waals surface area contributed by atoms with Crippen molar-refractivity contribution in [2.24, 2.45) is 0 Å². The number of hydrogen-bond donors (Lipinski definition) is 0. The minimum absolute atomic E-state index is 0.142. The predicted molar refractivity (Wildman–Crippen MR) is 99.1 cm³/mol. The summed E-state index contributed by atoms with van der Waals surface area (Å²) in [6, 6.07) is 9.99. The summed E-state index contributed by atoms with van der Waals surface area (Å²) in [4.78, 5) is 21.0. The van der Waals surface area contributed by atoms with E-state index in [-0.39, 0.29) is 5.78 Å². The fraction of sp³-hybridized carbons (Fsp3) is 0.200. The van der Waals surface area contributed by atoms with Gasteiger partial charge in [-0.05, 0) is 25.5 Å². The Balaban J connectivity index is 1.71. The number of nitrogens with zero attached hydrogens (tertiary/aromatic N) is 4. The Morgan fingerprint density at radius 1 is 1.23 bits per heavy atom. The van der Waals surface area contributed by atoms with Crippen LogP contribution in [-0.2, 0) is 6.54 Å². The van der Waals surface area contributed by atoms with Crippen molar-refractivity contribution in [2.75, 3.05) is 0 Å². The molecule has 1 unspecified atom stereocenters. The first-order valence-electron chi connectivity index (χ1n) is 8.30. The molecule has 3 aromatic rings. The van der Waals surface area contributed by atoms with Crippen LogP contribution in [0.1, 0.15) is 34.2 Å². The third kappa shape index (κ3) is 3.85. The van der Waals surface area contributed by atoms with E-state index in [2.05, 4.69) is 21.6 Å². The molecule has 0 spiro atoms. The number of Topliss-reactive ketones (excluding diaryl/α,β-unsaturated/α-hetero) is 1. The monoisotopic (exact) mass is 348 g/mol. The fourth-order valence-corrected chi connectivity index (χ4v) is 2.55. The van der Waals surface area contributed by atoms with Crippen molar-refractivity contribution in [1.82, 2.24) is 19.7 Å². The molecule has 3 rings (SSSR count). The lowest BCUT2D eigenvalue weighted by molar-refractivity contribution is 0.0809. The lowest BCUT2D eigenvalue weighted by atomic mass is 10.1. The minimum Gasteiger partial charge on any atom is -0.465 e. The second-order valence-electron chi connectivity index (χ2n) is 5.89. The van der Waals surface area contributed by atoms with E-state index in [1.54, 1.807) is 25.4 Å². The smallest absolute Gasteiger partial charge is 0.233 e. The summed E-state index contributed by atoms with van der Waals surface area (Å²) in [7, 11) is 0. The molecule has 0 aliphatic heterocycles. The summed E-state index contributed by atoms with van der Waals surface area (Å²) in [5, 5.41) is 4.35. The van der Waals surface area contributed by atoms with Crippen LogP contribution in [-0.4, -0.2) is 31.6 Å². The number of benzene rings is 1. The lowest BCUT2D eigenvalue weighted by Crippen LogP contribution is -2.25. The number of rotatable bonds is 7. The largest absolute Gasteiger partial charge is 0.465 e. The fourth-order valence-electron chi connectivity index (χ4n) is 2.55. The van der Waals surface area contributed by atoms with Gasteiger partial charge in [0.05, 0.1) is 36.4 Å². The molecule has 1 atom stereocenters. The van der Waals surface area contributed by atoms with Crippen LogP contribution in [0.3, 0.4) is 0 Å². The van der Waals surface area contributed by atoms with E-state index in [0.717, 1.165) is 11.3 Å². The molecule has 0 N–H and O–H groups in total. The van der Waals surface area contributed by atoms with Crippen LogP contribution in [0.4, 0.5) is 0 Å². The molecule has 0 amide bonds. The van der Waals surface area contributed by atoms with Crippen molar-refractivity contribution in [3.63, 3.8) is 0 Å². The lowest BCUT2D eigenvalue weighted by Gasteiger charge is -2.12. The molecule has 0 radical (unpaired) electrons. The zero-order valence-corrected chi connectivity index (χ0v) is 14.8. The van der Waals surface area contributed by atoms with Crippen LogP contribution in [0.15, 0.2) is 55.5 Å². The van der Waals surface area contributed by atoms with Crippen LogP contribution in [0.2, 0.25) is 0 Å². The maximum absolute atomic E-state index is 12.7. The molecule has 2 aromatic heterocycles. The van der Waals surface area contributed by atoms with Gasteiger partial charge in [-0.2, -0.15) is 5.10 Å². The second kappa shape index (κ2) is 7.74. The molecule has 0 saturated carbocycles. The summed E-state index contributed by atoms with van der Waals surface area (Å²) in [6.45, 7) is 7.82. The molecule has 132 valence electrons. The van der Waals surface area contributed by atoms with Gasteiger partial charge in [0, 0.05) is 5.69 Å². The molecule has 6 heteroatoms. The van der Waals surface area contributed by atoms with Gasteiger partial charge >= 0.3 is 0 Å². The first-order chi connectivity index (χ1) is 12.6. The first-order valence-corrected chi connectivity index (χ1v) is 8.30. The van der Waals surface area contributed by atoms with Crippen molar-refractivity contribution < 1.29 is 9.53 Å². The Bertz CT molecular complexity index is 901. The molecule has 0 saturated heterocycles. The number of aromatic nitrogens is 4. The quantitative estimate of drug-likeness (QED) is 0.613. The Hall–Kier alpha value is -3.28. The Labute approximate surface area is 152 Å². The standard InChI is InChI=1S/C20H20N4O2/c1-4-17-10-22-19(12-21-17)26-15(3)20(25)18-11-23-24(14(18)2)13-16-8-6-5-7-9-16/h4-12,15H,1,13H2,2-3H3. The molecule has 0 aliphatic rings. The summed E-state index contributed by atoms with van der Waals surface area (Å²) in [5.74, 6) is 0.155. The SMILES string of the molecule is C=Cc1cnc(OC(C)C(=O)c2cnn(Cc3ccccc3)c2C)cn1. The van der Waals surface area contributed by atoms with E-state index in [0.29, 0.717) is 23.7 Å². The van der Waals surface area contributed by atoms with Gasteiger partial charge in [-0.1, -0.05) is 36.9 Å². The number of carbonyl (C=O) groups excluding carboxylic acids is 1. The van der Waals surface area contributed by atoms with Gasteiger partial charge in [-0.15, -0.1) is 0 Å². The van der Waals surface area contributed by atoms with Crippen molar-refractivity contribution in [1.29, 1.82) is 0 Å². The van der Waals surface area contributed by atoms with Gasteiger partial charge in [0.2, 0.25) is 11.7 Å². The van der Waals surface area contributed by atoms with Crippen LogP contribution in [0, 0.1) is 6.92 Å². The van der Waals surface area contributed by atoms with Crippen LogP contribution < -0.4 is 4.74 Å². The molecule has 0 bridgehead atoms. The molecular weight excluding hydrogens is 328 g/mol. The average molecular weight is 348 g/mol. The predicted octanol–water partition coefficient (Wildman–Crippen LogP) is 3.32. The third-order valence-corrected chi connectivity index (χ3v) is 4.07. The Morgan fingerprint density at radius 2 is 2.00 bits per heavy atom.